The van der Waals surface area contributed by atoms with Crippen molar-refractivity contribution in [3.8, 4) is 0 Å². The van der Waals surface area contributed by atoms with E-state index in [1.807, 2.05) is 0 Å². The summed E-state index contributed by atoms with van der Waals surface area (Å²) in [4.78, 5) is 26.1. The molecule has 0 aromatic carbocycles. The Balaban J connectivity index is 1.03. The summed E-state index contributed by atoms with van der Waals surface area (Å²) >= 11 is 0. The van der Waals surface area contributed by atoms with E-state index in [0.29, 0.717) is 44.9 Å². The molecule has 4 aliphatic heterocycles. The zero-order valence-corrected chi connectivity index (χ0v) is 44.8. The number of ether oxygens (including phenoxy) is 11. The summed E-state index contributed by atoms with van der Waals surface area (Å²) in [6, 6.07) is 0. The van der Waals surface area contributed by atoms with Crippen LogP contribution < -0.4 is 0 Å². The number of allylic oxidation sites excluding steroid dienone is 2. The molecule has 80 heavy (non-hydrogen) atoms. The molecule has 27 heteroatoms. The molecule has 0 radical (unpaired) electrons. The smallest absolute Gasteiger partial charge is 0.330 e. The minimum absolute atomic E-state index is 0.00566. The van der Waals surface area contributed by atoms with Gasteiger partial charge in [0.2, 0.25) is 0 Å². The van der Waals surface area contributed by atoms with Crippen molar-refractivity contribution in [3.63, 3.8) is 0 Å². The van der Waals surface area contributed by atoms with Crippen molar-refractivity contribution in [1.29, 1.82) is 0 Å². The second-order valence-corrected chi connectivity index (χ2v) is 22.9. The molecule has 8 fully saturated rings. The van der Waals surface area contributed by atoms with Crippen molar-refractivity contribution in [3.05, 3.63) is 24.3 Å². The Bertz CT molecular complexity index is 2000. The predicted octanol–water partition coefficient (Wildman–Crippen LogP) is -4.80. The number of esters is 2. The van der Waals surface area contributed by atoms with E-state index in [9.17, 15) is 81.1 Å². The van der Waals surface area contributed by atoms with E-state index in [1.54, 1.807) is 12.2 Å². The zero-order valence-electron chi connectivity index (χ0n) is 44.8. The van der Waals surface area contributed by atoms with Gasteiger partial charge in [-0.05, 0) is 88.4 Å². The average Bonchev–Trinajstić information content (AvgIpc) is 3.44. The molecular weight excluding hydrogens is 1070 g/mol. The molecule has 0 aromatic heterocycles. The summed E-state index contributed by atoms with van der Waals surface area (Å²) < 4.78 is 65.6. The van der Waals surface area contributed by atoms with Crippen molar-refractivity contribution < 1.29 is 133 Å². The topological polar surface area (TPSA) is 419 Å². The molecule has 14 N–H and O–H groups in total. The minimum atomic E-state index is -2.06. The molecule has 4 aliphatic carbocycles. The highest BCUT2D eigenvalue weighted by Gasteiger charge is 2.56. The monoisotopic (exact) mass is 1150 g/mol. The molecule has 27 nitrogen and oxygen atoms in total. The van der Waals surface area contributed by atoms with Crippen LogP contribution in [0.3, 0.4) is 0 Å². The summed E-state index contributed by atoms with van der Waals surface area (Å²) in [5.41, 5.74) is 0. The lowest BCUT2D eigenvalue weighted by Gasteiger charge is -2.53. The van der Waals surface area contributed by atoms with Gasteiger partial charge in [-0.3, -0.25) is 0 Å². The Hall–Kier alpha value is -2.50. The van der Waals surface area contributed by atoms with Crippen LogP contribution in [0.4, 0.5) is 0 Å². The largest absolute Gasteiger partial charge is 0.460 e. The molecule has 8 rings (SSSR count). The zero-order chi connectivity index (χ0) is 57.7. The summed E-state index contributed by atoms with van der Waals surface area (Å²) in [6.07, 6.45) is -27.2. The lowest BCUT2D eigenvalue weighted by molar-refractivity contribution is -0.380. The van der Waals surface area contributed by atoms with Crippen LogP contribution in [0.5, 0.6) is 0 Å². The first-order valence-corrected chi connectivity index (χ1v) is 28.0. The van der Waals surface area contributed by atoms with Crippen LogP contribution in [-0.2, 0) is 61.7 Å². The fourth-order valence-electron chi connectivity index (χ4n) is 12.7. The number of hydrogen-bond acceptors (Lipinski definition) is 27. The van der Waals surface area contributed by atoms with Gasteiger partial charge in [-0.2, -0.15) is 0 Å². The van der Waals surface area contributed by atoms with E-state index < -0.39 is 203 Å². The number of fused-ring (bicyclic) bond motifs is 1. The molecule has 458 valence electrons. The Kier molecular flexibility index (Phi) is 22.7. The maximum Gasteiger partial charge on any atom is 0.330 e. The third kappa shape index (κ3) is 15.1. The SMILES string of the molecule is COC1CC(C=CC(=O)OC[C@H]2O[C@@H](O[C@H]3[C@H](OC4CC5C(CC(O)CC5O[C@@H]5O[C@H](CO)[C@@H](O)[C@H](O)[C@H]5O)OC4C4CCC(O)C(O)C4)O[C@H](COC(=O)C=CC4CCC(O)CC4)[C@@H](O)[C@@H]3O)[C@H](O)[C@@H](O)[C@@H]2O)CC(OC)C1O. The van der Waals surface area contributed by atoms with Crippen LogP contribution in [0.25, 0.3) is 0 Å². The van der Waals surface area contributed by atoms with Crippen molar-refractivity contribution in [2.75, 3.05) is 34.0 Å². The van der Waals surface area contributed by atoms with Gasteiger partial charge in [0.25, 0.3) is 0 Å². The highest BCUT2D eigenvalue weighted by molar-refractivity contribution is 5.82. The molecular formula is C53H84O27. The van der Waals surface area contributed by atoms with E-state index in [4.69, 9.17) is 52.1 Å². The highest BCUT2D eigenvalue weighted by atomic mass is 16.8. The van der Waals surface area contributed by atoms with Crippen molar-refractivity contribution in [1.82, 2.24) is 0 Å². The maximum absolute atomic E-state index is 13.1. The Labute approximate surface area is 462 Å². The summed E-state index contributed by atoms with van der Waals surface area (Å²) in [5.74, 6) is -3.19. The lowest BCUT2D eigenvalue weighted by atomic mass is 9.72. The second-order valence-electron chi connectivity index (χ2n) is 22.9. The van der Waals surface area contributed by atoms with Crippen molar-refractivity contribution in [2.45, 2.75) is 236 Å². The molecule has 4 saturated heterocycles. The van der Waals surface area contributed by atoms with Gasteiger partial charge in [0.15, 0.2) is 18.9 Å². The fraction of sp³-hybridized carbons (Fsp3) is 0.887. The van der Waals surface area contributed by atoms with Gasteiger partial charge in [-0.25, -0.2) is 9.59 Å². The Morgan fingerprint density at radius 2 is 1.00 bits per heavy atom. The number of aliphatic hydroxyl groups excluding tert-OH is 14. The van der Waals surface area contributed by atoms with E-state index >= 15 is 0 Å². The third-order valence-electron chi connectivity index (χ3n) is 17.5. The molecule has 0 amide bonds. The first-order chi connectivity index (χ1) is 38.2. The maximum atomic E-state index is 13.1. The van der Waals surface area contributed by atoms with Gasteiger partial charge in [-0.15, -0.1) is 0 Å². The van der Waals surface area contributed by atoms with E-state index in [0.717, 1.165) is 6.08 Å². The Morgan fingerprint density at radius 1 is 0.463 bits per heavy atom. The van der Waals surface area contributed by atoms with Crippen LogP contribution in [0, 0.1) is 23.7 Å². The predicted molar refractivity (Wildman–Crippen MR) is 266 cm³/mol. The molecule has 11 unspecified atom stereocenters. The van der Waals surface area contributed by atoms with Crippen LogP contribution in [-0.4, -0.2) is 277 Å². The summed E-state index contributed by atoms with van der Waals surface area (Å²) in [7, 11) is 2.89. The summed E-state index contributed by atoms with van der Waals surface area (Å²) in [5, 5.41) is 152. The Morgan fingerprint density at radius 3 is 1.59 bits per heavy atom. The number of hydrogen-bond donors (Lipinski definition) is 14. The van der Waals surface area contributed by atoms with Crippen LogP contribution in [0.1, 0.15) is 77.0 Å². The van der Waals surface area contributed by atoms with E-state index in [-0.39, 0.29) is 43.9 Å². The number of aliphatic hydroxyl groups is 14. The van der Waals surface area contributed by atoms with E-state index in [2.05, 4.69) is 0 Å². The van der Waals surface area contributed by atoms with Crippen LogP contribution >= 0.6 is 0 Å². The number of carbonyl (C=O) groups excluding carboxylic acids is 2. The molecule has 26 atom stereocenters. The third-order valence-corrected chi connectivity index (χ3v) is 17.5. The van der Waals surface area contributed by atoms with Crippen molar-refractivity contribution >= 4 is 11.9 Å². The standard InChI is InChI=1S/C53H84O27/c1-70-32-13-23(14-33(71-2)40(32)61)6-12-39(60)72-20-36-42(63)45(66)48(69)52(78-36)80-50-46(67)43(64)37(21-73-38(59)11-5-22-3-8-25(55)9-4-22)79-53(50)76-34-18-27-30(74-49(34)24-7-10-28(57)29(58)15-24)16-26(56)17-31(27)75-51-47(68)44(65)41(62)35(19-54)77-51/h5-6,11-12,22-37,40-58,61-69H,3-4,7-10,13-21H2,1-2H3/t22?,23?,24?,25?,26?,27?,28?,29?,30?,31?,32?,33?,34?,35-,36-,37-,40?,41-,42-,43-,44+,45+,46+,47-,48-,49?,50-,51-,52+,53-/m1/s1. The van der Waals surface area contributed by atoms with Gasteiger partial charge < -0.3 is 124 Å². The lowest BCUT2D eigenvalue weighted by Crippen LogP contribution is -2.66. The second kappa shape index (κ2) is 28.6. The van der Waals surface area contributed by atoms with Gasteiger partial charge in [0.1, 0.15) is 92.6 Å². The fourth-order valence-corrected chi connectivity index (χ4v) is 12.7. The van der Waals surface area contributed by atoms with Gasteiger partial charge >= 0.3 is 11.9 Å². The first kappa shape index (κ1) is 63.5. The molecule has 0 bridgehead atoms. The van der Waals surface area contributed by atoms with E-state index in [1.165, 1.54) is 20.3 Å². The first-order valence-electron chi connectivity index (χ1n) is 28.0. The van der Waals surface area contributed by atoms with Crippen molar-refractivity contribution in [2.24, 2.45) is 23.7 Å². The molecule has 8 aliphatic rings. The van der Waals surface area contributed by atoms with Crippen LogP contribution in [0.15, 0.2) is 24.3 Å². The average molecular weight is 1150 g/mol. The quantitative estimate of drug-likeness (QED) is 0.0452. The normalized spacial score (nSPS) is 48.6. The number of carbonyl (C=O) groups is 2. The van der Waals surface area contributed by atoms with Gasteiger partial charge in [0.05, 0.1) is 67.6 Å². The van der Waals surface area contributed by atoms with Crippen LogP contribution in [0.2, 0.25) is 0 Å². The number of rotatable bonds is 18. The molecule has 0 aromatic rings. The molecule has 4 heterocycles. The number of methoxy groups -OCH3 is 2. The molecule has 4 saturated carbocycles. The van der Waals surface area contributed by atoms with Gasteiger partial charge in [-0.1, -0.05) is 12.2 Å². The minimum Gasteiger partial charge on any atom is -0.460 e. The summed E-state index contributed by atoms with van der Waals surface area (Å²) in [6.45, 7) is -2.08. The van der Waals surface area contributed by atoms with Gasteiger partial charge in [0, 0.05) is 38.7 Å². The highest BCUT2D eigenvalue weighted by Crippen LogP contribution is 2.46. The molecule has 0 spiro atoms.